The van der Waals surface area contributed by atoms with Crippen molar-refractivity contribution in [1.82, 2.24) is 4.90 Å². The molecule has 0 fully saturated rings. The summed E-state index contributed by atoms with van der Waals surface area (Å²) in [6.45, 7) is 12.9. The Labute approximate surface area is 385 Å². The molecule has 2 heteroatoms. The summed E-state index contributed by atoms with van der Waals surface area (Å²) in [4.78, 5) is 7.43. The Morgan fingerprint density at radius 2 is 1.49 bits per heavy atom. The lowest BCUT2D eigenvalue weighted by Crippen LogP contribution is -2.38. The minimum absolute atomic E-state index is 0.00938. The van der Waals surface area contributed by atoms with Gasteiger partial charge in [0.15, 0.2) is 0 Å². The van der Waals surface area contributed by atoms with Crippen molar-refractivity contribution in [3.63, 3.8) is 0 Å². The van der Waals surface area contributed by atoms with Crippen molar-refractivity contribution < 1.29 is 0 Å². The van der Waals surface area contributed by atoms with Gasteiger partial charge in [0.25, 0.3) is 0 Å². The molecule has 6 aromatic carbocycles. The summed E-state index contributed by atoms with van der Waals surface area (Å²) in [5.41, 5.74) is 17.9. The first kappa shape index (κ1) is 41.2. The van der Waals surface area contributed by atoms with Crippen LogP contribution >= 0.6 is 0 Å². The molecule has 11 rings (SSSR count). The number of nitrogens with zero attached hydrogens (tertiary/aromatic N) is 2. The van der Waals surface area contributed by atoms with Gasteiger partial charge in [0.05, 0.1) is 11.4 Å². The highest BCUT2D eigenvalue weighted by Gasteiger charge is 2.43. The number of aliphatic imine (C=N–C) groups is 1. The van der Waals surface area contributed by atoms with Crippen molar-refractivity contribution in [1.29, 1.82) is 0 Å². The van der Waals surface area contributed by atoms with Gasteiger partial charge in [-0.05, 0) is 121 Å². The van der Waals surface area contributed by atoms with Gasteiger partial charge in [0.2, 0.25) is 0 Å². The summed E-state index contributed by atoms with van der Waals surface area (Å²) in [5.74, 6) is 0.778. The molecule has 0 bridgehead atoms. The molecule has 2 nitrogen and oxygen atoms in total. The van der Waals surface area contributed by atoms with Crippen LogP contribution in [-0.2, 0) is 11.8 Å². The molecule has 65 heavy (non-hydrogen) atoms. The predicted molar refractivity (Wildman–Crippen MR) is 278 cm³/mol. The fourth-order valence-corrected chi connectivity index (χ4v) is 12.3. The molecular formula is C63H60N2. The van der Waals surface area contributed by atoms with E-state index in [1.165, 1.54) is 82.2 Å². The van der Waals surface area contributed by atoms with Crippen LogP contribution < -0.4 is 10.4 Å². The lowest BCUT2D eigenvalue weighted by molar-refractivity contribution is 0.482. The highest BCUT2D eigenvalue weighted by molar-refractivity contribution is 6.00. The van der Waals surface area contributed by atoms with Gasteiger partial charge in [-0.25, -0.2) is 0 Å². The average Bonchev–Trinajstić information content (AvgIpc) is 3.60. The van der Waals surface area contributed by atoms with Crippen LogP contribution in [0.2, 0.25) is 0 Å². The maximum Gasteiger partial charge on any atom is 0.0745 e. The van der Waals surface area contributed by atoms with Crippen LogP contribution in [0.3, 0.4) is 0 Å². The van der Waals surface area contributed by atoms with Crippen LogP contribution in [0.4, 0.5) is 0 Å². The lowest BCUT2D eigenvalue weighted by atomic mass is 9.70. The molecular weight excluding hydrogens is 785 g/mol. The first-order valence-corrected chi connectivity index (χ1v) is 24.2. The molecule has 0 amide bonds. The molecule has 2 aliphatic heterocycles. The minimum Gasteiger partial charge on any atom is -0.370 e. The SMILES string of the molecule is CCC1(CC)C2=C(CC(C)C(/C=C/c3ccc(C4=c5ccccc5=CCN4C)c4ccccc34)=C2)c2ccc(CC(C)c3ccc(C4=C5C=CC=CC5(C)CC=N4)c4ccccc34)cc21. The van der Waals surface area contributed by atoms with E-state index >= 15 is 0 Å². The van der Waals surface area contributed by atoms with E-state index in [1.807, 2.05) is 0 Å². The summed E-state index contributed by atoms with van der Waals surface area (Å²) in [7, 11) is 2.22. The monoisotopic (exact) mass is 844 g/mol. The second-order valence-electron chi connectivity index (χ2n) is 19.7. The zero-order valence-electron chi connectivity index (χ0n) is 39.0. The Hall–Kier alpha value is -6.51. The Kier molecular flexibility index (Phi) is 10.3. The van der Waals surface area contributed by atoms with Gasteiger partial charge < -0.3 is 4.90 Å². The van der Waals surface area contributed by atoms with E-state index in [2.05, 4.69) is 217 Å². The van der Waals surface area contributed by atoms with Gasteiger partial charge in [-0.2, -0.15) is 0 Å². The molecule has 3 aliphatic carbocycles. The number of hydrogen-bond acceptors (Lipinski definition) is 2. The fraction of sp³-hybridized carbons (Fsp3) is 0.254. The second-order valence-corrected chi connectivity index (χ2v) is 19.7. The average molecular weight is 845 g/mol. The van der Waals surface area contributed by atoms with Crippen molar-refractivity contribution in [3.05, 3.63) is 218 Å². The topological polar surface area (TPSA) is 15.6 Å². The van der Waals surface area contributed by atoms with Crippen LogP contribution in [0.15, 0.2) is 173 Å². The highest BCUT2D eigenvalue weighted by Crippen LogP contribution is 2.56. The third-order valence-corrected chi connectivity index (χ3v) is 15.9. The Morgan fingerprint density at radius 3 is 2.31 bits per heavy atom. The van der Waals surface area contributed by atoms with Gasteiger partial charge >= 0.3 is 0 Å². The third kappa shape index (κ3) is 6.70. The summed E-state index contributed by atoms with van der Waals surface area (Å²) in [6.07, 6.45) is 26.0. The predicted octanol–water partition coefficient (Wildman–Crippen LogP) is 14.0. The van der Waals surface area contributed by atoms with Gasteiger partial charge in [-0.1, -0.05) is 198 Å². The number of rotatable bonds is 9. The van der Waals surface area contributed by atoms with Crippen LogP contribution in [0.25, 0.3) is 50.7 Å². The molecule has 5 aliphatic rings. The number of fused-ring (bicyclic) bond motifs is 6. The standard InChI is InChI=1S/C63H60N2/c1-7-63(8-2)58-39-43(37-42(4)47-30-31-54(52-22-14-13-20-50(47)52)60-57-23-15-16-33-62(57,5)34-35-64-60)24-28-53(58)56-38-41(3)46(40-59(56)63)26-25-45-27-29-55(51-21-12-11-18-48(45)51)61-49-19-10-9-17-44(49)32-36-65(61)6/h9-33,35,39-42H,7-8,34,36-38H2,1-6H3/b26-25+. The molecule has 0 aromatic heterocycles. The Balaban J connectivity index is 0.902. The van der Waals surface area contributed by atoms with E-state index in [0.29, 0.717) is 11.8 Å². The first-order chi connectivity index (χ1) is 31.7. The number of hydrogen-bond donors (Lipinski definition) is 0. The van der Waals surface area contributed by atoms with E-state index in [9.17, 15) is 0 Å². The highest BCUT2D eigenvalue weighted by atomic mass is 15.1. The van der Waals surface area contributed by atoms with E-state index in [-0.39, 0.29) is 10.8 Å². The maximum atomic E-state index is 5.04. The molecule has 0 saturated carbocycles. The van der Waals surface area contributed by atoms with Crippen molar-refractivity contribution in [3.8, 4) is 0 Å². The molecule has 3 atom stereocenters. The summed E-state index contributed by atoms with van der Waals surface area (Å²) in [5, 5.41) is 7.85. The van der Waals surface area contributed by atoms with Gasteiger partial charge in [0, 0.05) is 47.0 Å². The Morgan fingerprint density at radius 1 is 0.769 bits per heavy atom. The maximum absolute atomic E-state index is 5.04. The summed E-state index contributed by atoms with van der Waals surface area (Å²) >= 11 is 0. The second kappa shape index (κ2) is 16.2. The normalized spacial score (nSPS) is 21.1. The van der Waals surface area contributed by atoms with Gasteiger partial charge in [0.1, 0.15) is 0 Å². The van der Waals surface area contributed by atoms with E-state index in [4.69, 9.17) is 4.99 Å². The smallest absolute Gasteiger partial charge is 0.0745 e. The van der Waals surface area contributed by atoms with Crippen LogP contribution in [-0.4, -0.2) is 24.7 Å². The zero-order valence-corrected chi connectivity index (χ0v) is 39.0. The number of allylic oxidation sites excluding steroid dienone is 10. The molecule has 0 saturated heterocycles. The third-order valence-electron chi connectivity index (χ3n) is 15.9. The van der Waals surface area contributed by atoms with Crippen LogP contribution in [0.1, 0.15) is 105 Å². The molecule has 2 heterocycles. The molecule has 322 valence electrons. The summed E-state index contributed by atoms with van der Waals surface area (Å²) in [6, 6.07) is 43.7. The van der Waals surface area contributed by atoms with E-state index in [0.717, 1.165) is 44.3 Å². The van der Waals surface area contributed by atoms with Crippen molar-refractivity contribution in [2.75, 3.05) is 13.6 Å². The van der Waals surface area contributed by atoms with Crippen LogP contribution in [0, 0.1) is 11.3 Å². The zero-order chi connectivity index (χ0) is 44.5. The van der Waals surface area contributed by atoms with Gasteiger partial charge in [-0.3, -0.25) is 4.99 Å². The largest absolute Gasteiger partial charge is 0.370 e. The van der Waals surface area contributed by atoms with Gasteiger partial charge in [-0.15, -0.1) is 0 Å². The van der Waals surface area contributed by atoms with Crippen molar-refractivity contribution >= 4 is 56.9 Å². The molecule has 6 aromatic rings. The molecule has 0 spiro atoms. The van der Waals surface area contributed by atoms with E-state index < -0.39 is 0 Å². The first-order valence-electron chi connectivity index (χ1n) is 24.2. The van der Waals surface area contributed by atoms with E-state index in [1.54, 1.807) is 16.7 Å². The fourth-order valence-electron chi connectivity index (χ4n) is 12.3. The van der Waals surface area contributed by atoms with Crippen molar-refractivity contribution in [2.24, 2.45) is 16.3 Å². The lowest BCUT2D eigenvalue weighted by Gasteiger charge is -2.33. The molecule has 3 unspecified atom stereocenters. The minimum atomic E-state index is -0.0136. The Bertz CT molecular complexity index is 3300. The summed E-state index contributed by atoms with van der Waals surface area (Å²) < 4.78 is 0. The molecule has 0 radical (unpaired) electrons. The van der Waals surface area contributed by atoms with Crippen LogP contribution in [0.5, 0.6) is 0 Å². The van der Waals surface area contributed by atoms with Crippen molar-refractivity contribution in [2.45, 2.75) is 78.1 Å². The number of benzene rings is 6. The molecule has 0 N–H and O–H groups in total. The quantitative estimate of drug-likeness (QED) is 0.142.